The maximum atomic E-state index is 10.6. The van der Waals surface area contributed by atoms with Gasteiger partial charge in [0.15, 0.2) is 0 Å². The van der Waals surface area contributed by atoms with Crippen molar-refractivity contribution in [2.75, 3.05) is 13.2 Å². The van der Waals surface area contributed by atoms with Gasteiger partial charge in [0.2, 0.25) is 0 Å². The summed E-state index contributed by atoms with van der Waals surface area (Å²) < 4.78 is 7.58. The van der Waals surface area contributed by atoms with Gasteiger partial charge in [-0.05, 0) is 31.6 Å². The SMILES string of the molecule is OC(CC1C2=C(CCC=N2)c2cncn21)C1CCOCC1. The summed E-state index contributed by atoms with van der Waals surface area (Å²) in [6.45, 7) is 1.55. The van der Waals surface area contributed by atoms with E-state index in [9.17, 15) is 5.11 Å². The summed E-state index contributed by atoms with van der Waals surface area (Å²) in [5.74, 6) is 0.350. The van der Waals surface area contributed by atoms with Crippen molar-refractivity contribution in [3.63, 3.8) is 0 Å². The molecule has 0 amide bonds. The molecule has 0 aliphatic carbocycles. The highest BCUT2D eigenvalue weighted by atomic mass is 16.5. The van der Waals surface area contributed by atoms with Crippen molar-refractivity contribution in [3.8, 4) is 0 Å². The van der Waals surface area contributed by atoms with Crippen LogP contribution in [0.4, 0.5) is 0 Å². The van der Waals surface area contributed by atoms with Crippen molar-refractivity contribution in [1.29, 1.82) is 0 Å². The third-order valence-electron chi connectivity index (χ3n) is 4.96. The Bertz CT molecular complexity index is 584. The van der Waals surface area contributed by atoms with Crippen molar-refractivity contribution in [2.45, 2.75) is 44.2 Å². The van der Waals surface area contributed by atoms with Gasteiger partial charge in [0.25, 0.3) is 0 Å². The number of aliphatic hydroxyl groups is 1. The molecule has 5 heteroatoms. The number of rotatable bonds is 3. The van der Waals surface area contributed by atoms with Crippen molar-refractivity contribution in [2.24, 2.45) is 10.9 Å². The first-order valence-corrected chi connectivity index (χ1v) is 7.88. The van der Waals surface area contributed by atoms with Crippen LogP contribution >= 0.6 is 0 Å². The average Bonchev–Trinajstić information content (AvgIpc) is 3.11. The minimum Gasteiger partial charge on any atom is -0.393 e. The van der Waals surface area contributed by atoms with Crippen LogP contribution in [-0.4, -0.2) is 40.2 Å². The smallest absolute Gasteiger partial charge is 0.0957 e. The van der Waals surface area contributed by atoms with E-state index in [0.717, 1.165) is 51.0 Å². The van der Waals surface area contributed by atoms with E-state index < -0.39 is 0 Å². The number of ether oxygens (including phenoxy) is 1. The van der Waals surface area contributed by atoms with Crippen LogP contribution in [-0.2, 0) is 4.74 Å². The molecule has 112 valence electrons. The van der Waals surface area contributed by atoms with Crippen LogP contribution in [0.1, 0.15) is 43.8 Å². The molecule has 1 aromatic rings. The lowest BCUT2D eigenvalue weighted by atomic mass is 9.89. The molecule has 21 heavy (non-hydrogen) atoms. The topological polar surface area (TPSA) is 59.6 Å². The zero-order valence-corrected chi connectivity index (χ0v) is 12.1. The Balaban J connectivity index is 1.57. The van der Waals surface area contributed by atoms with E-state index in [0.29, 0.717) is 5.92 Å². The zero-order valence-electron chi connectivity index (χ0n) is 12.1. The Hall–Kier alpha value is -1.46. The first kappa shape index (κ1) is 13.2. The predicted molar refractivity (Wildman–Crippen MR) is 80.1 cm³/mol. The summed E-state index contributed by atoms with van der Waals surface area (Å²) in [5, 5.41) is 10.6. The van der Waals surface area contributed by atoms with Gasteiger partial charge in [0.1, 0.15) is 0 Å². The summed E-state index contributed by atoms with van der Waals surface area (Å²) in [7, 11) is 0. The molecule has 4 heterocycles. The Morgan fingerprint density at radius 2 is 2.24 bits per heavy atom. The summed E-state index contributed by atoms with van der Waals surface area (Å²) in [4.78, 5) is 8.91. The maximum absolute atomic E-state index is 10.6. The van der Waals surface area contributed by atoms with Gasteiger partial charge in [0.05, 0.1) is 36.1 Å². The molecule has 3 aliphatic heterocycles. The molecule has 1 saturated heterocycles. The van der Waals surface area contributed by atoms with Crippen LogP contribution < -0.4 is 0 Å². The van der Waals surface area contributed by atoms with Crippen LogP contribution in [0, 0.1) is 5.92 Å². The van der Waals surface area contributed by atoms with E-state index in [1.54, 1.807) is 0 Å². The lowest BCUT2D eigenvalue weighted by Crippen LogP contribution is -2.29. The van der Waals surface area contributed by atoms with Crippen molar-refractivity contribution < 1.29 is 9.84 Å². The second kappa shape index (κ2) is 5.39. The quantitative estimate of drug-likeness (QED) is 0.927. The molecule has 5 nitrogen and oxygen atoms in total. The lowest BCUT2D eigenvalue weighted by molar-refractivity contribution is 0.00123. The van der Waals surface area contributed by atoms with Gasteiger partial charge in [-0.25, -0.2) is 4.98 Å². The molecule has 0 radical (unpaired) electrons. The van der Waals surface area contributed by atoms with Crippen molar-refractivity contribution in [1.82, 2.24) is 9.55 Å². The molecule has 0 aromatic carbocycles. The molecule has 1 fully saturated rings. The first-order chi connectivity index (χ1) is 10.3. The van der Waals surface area contributed by atoms with Crippen molar-refractivity contribution in [3.05, 3.63) is 23.9 Å². The summed E-state index contributed by atoms with van der Waals surface area (Å²) in [6, 6.07) is 0.145. The van der Waals surface area contributed by atoms with Gasteiger partial charge in [-0.15, -0.1) is 0 Å². The van der Waals surface area contributed by atoms with Crippen LogP contribution in [0.25, 0.3) is 5.57 Å². The molecule has 2 unspecified atom stereocenters. The highest BCUT2D eigenvalue weighted by Crippen LogP contribution is 2.43. The van der Waals surface area contributed by atoms with E-state index in [1.807, 2.05) is 18.7 Å². The molecular formula is C16H21N3O2. The number of imidazole rings is 1. The van der Waals surface area contributed by atoms with Gasteiger partial charge in [-0.2, -0.15) is 0 Å². The van der Waals surface area contributed by atoms with Crippen LogP contribution in [0.5, 0.6) is 0 Å². The number of aromatic nitrogens is 2. The van der Waals surface area contributed by atoms with Gasteiger partial charge in [-0.1, -0.05) is 0 Å². The Morgan fingerprint density at radius 1 is 1.38 bits per heavy atom. The number of nitrogens with zero attached hydrogens (tertiary/aromatic N) is 3. The fourth-order valence-electron chi connectivity index (χ4n) is 3.79. The average molecular weight is 287 g/mol. The fraction of sp³-hybridized carbons (Fsp3) is 0.625. The molecule has 2 atom stereocenters. The molecular weight excluding hydrogens is 266 g/mol. The number of aliphatic imine (C=N–C) groups is 1. The van der Waals surface area contributed by atoms with E-state index >= 15 is 0 Å². The highest BCUT2D eigenvalue weighted by Gasteiger charge is 2.35. The number of hydrogen-bond donors (Lipinski definition) is 1. The van der Waals surface area contributed by atoms with Gasteiger partial charge in [0, 0.05) is 31.4 Å². The monoisotopic (exact) mass is 287 g/mol. The maximum Gasteiger partial charge on any atom is 0.0957 e. The molecule has 1 N–H and O–H groups in total. The normalized spacial score (nSPS) is 26.8. The standard InChI is InChI=1S/C16H21N3O2/c20-15(11-3-6-21-7-4-11)8-13-16-12(2-1-5-18-16)14-9-17-10-19(13)14/h5,9-11,13,15,20H,1-4,6-8H2. The minimum atomic E-state index is -0.293. The Labute approximate surface area is 124 Å². The van der Waals surface area contributed by atoms with E-state index in [1.165, 1.54) is 11.3 Å². The Kier molecular flexibility index (Phi) is 3.39. The number of aliphatic hydroxyl groups excluding tert-OH is 1. The van der Waals surface area contributed by atoms with Crippen LogP contribution in [0.15, 0.2) is 23.2 Å². The molecule has 4 rings (SSSR count). The van der Waals surface area contributed by atoms with E-state index in [-0.39, 0.29) is 12.1 Å². The molecule has 0 saturated carbocycles. The van der Waals surface area contributed by atoms with Gasteiger partial charge >= 0.3 is 0 Å². The van der Waals surface area contributed by atoms with Gasteiger partial charge < -0.3 is 14.4 Å². The van der Waals surface area contributed by atoms with Gasteiger partial charge in [-0.3, -0.25) is 4.99 Å². The fourth-order valence-corrected chi connectivity index (χ4v) is 3.79. The zero-order chi connectivity index (χ0) is 14.2. The van der Waals surface area contributed by atoms with Crippen LogP contribution in [0.3, 0.4) is 0 Å². The van der Waals surface area contributed by atoms with E-state index in [4.69, 9.17) is 4.74 Å². The largest absolute Gasteiger partial charge is 0.393 e. The molecule has 0 spiro atoms. The minimum absolute atomic E-state index is 0.145. The summed E-state index contributed by atoms with van der Waals surface area (Å²) in [6.07, 6.45) is 10.2. The number of hydrogen-bond acceptors (Lipinski definition) is 4. The van der Waals surface area contributed by atoms with E-state index in [2.05, 4.69) is 14.5 Å². The summed E-state index contributed by atoms with van der Waals surface area (Å²) in [5.41, 5.74) is 3.65. The predicted octanol–water partition coefficient (Wildman–Crippen LogP) is 2.19. The summed E-state index contributed by atoms with van der Waals surface area (Å²) >= 11 is 0. The second-order valence-electron chi connectivity index (χ2n) is 6.17. The number of allylic oxidation sites excluding steroid dienone is 2. The molecule has 1 aromatic heterocycles. The highest BCUT2D eigenvalue weighted by molar-refractivity contribution is 5.78. The second-order valence-corrected chi connectivity index (χ2v) is 6.17. The van der Waals surface area contributed by atoms with Crippen molar-refractivity contribution >= 4 is 11.8 Å². The third kappa shape index (κ3) is 2.24. The third-order valence-corrected chi connectivity index (χ3v) is 4.96. The Morgan fingerprint density at radius 3 is 3.10 bits per heavy atom. The first-order valence-electron chi connectivity index (χ1n) is 7.88. The van der Waals surface area contributed by atoms with Crippen LogP contribution in [0.2, 0.25) is 0 Å². The number of fused-ring (bicyclic) bond motifs is 2. The lowest BCUT2D eigenvalue weighted by Gasteiger charge is -2.29. The molecule has 3 aliphatic rings. The molecule has 0 bridgehead atoms.